The van der Waals surface area contributed by atoms with Crippen molar-refractivity contribution < 1.29 is 0 Å². The Morgan fingerprint density at radius 3 is 2.69 bits per heavy atom. The van der Waals surface area contributed by atoms with E-state index >= 15 is 0 Å². The molecule has 88 valence electrons. The highest BCUT2D eigenvalue weighted by atomic mass is 14.8. The third-order valence-electron chi connectivity index (χ3n) is 2.64. The van der Waals surface area contributed by atoms with Crippen molar-refractivity contribution in [3.8, 4) is 0 Å². The third-order valence-corrected chi connectivity index (χ3v) is 2.64. The van der Waals surface area contributed by atoms with Crippen molar-refractivity contribution >= 4 is 6.08 Å². The molecule has 1 rings (SSSR count). The third kappa shape index (κ3) is 4.63. The van der Waals surface area contributed by atoms with Gasteiger partial charge in [-0.05, 0) is 50.9 Å². The van der Waals surface area contributed by atoms with Gasteiger partial charge in [0.25, 0.3) is 0 Å². The lowest BCUT2D eigenvalue weighted by molar-refractivity contribution is 0.679. The fraction of sp³-hybridized carbons (Fsp3) is 0.467. The van der Waals surface area contributed by atoms with Gasteiger partial charge in [-0.15, -0.1) is 0 Å². The zero-order chi connectivity index (χ0) is 11.8. The fourth-order valence-electron chi connectivity index (χ4n) is 1.71. The van der Waals surface area contributed by atoms with Crippen molar-refractivity contribution in [1.29, 1.82) is 0 Å². The lowest BCUT2D eigenvalue weighted by atomic mass is 10.1. The van der Waals surface area contributed by atoms with Crippen LogP contribution >= 0.6 is 0 Å². The first-order valence-corrected chi connectivity index (χ1v) is 6.18. The molecular formula is C15H23N. The molecule has 16 heavy (non-hydrogen) atoms. The largest absolute Gasteiger partial charge is 0.316 e. The lowest BCUT2D eigenvalue weighted by Gasteiger charge is -2.02. The van der Waals surface area contributed by atoms with Crippen LogP contribution in [0.1, 0.15) is 36.5 Å². The molecule has 0 amide bonds. The Bertz CT molecular complexity index is 339. The van der Waals surface area contributed by atoms with Gasteiger partial charge in [-0.1, -0.05) is 42.8 Å². The van der Waals surface area contributed by atoms with E-state index in [-0.39, 0.29) is 0 Å². The van der Waals surface area contributed by atoms with Gasteiger partial charge in [-0.2, -0.15) is 0 Å². The van der Waals surface area contributed by atoms with E-state index in [2.05, 4.69) is 56.4 Å². The number of rotatable bonds is 6. The van der Waals surface area contributed by atoms with Crippen molar-refractivity contribution in [3.63, 3.8) is 0 Å². The van der Waals surface area contributed by atoms with E-state index in [1.807, 2.05) is 0 Å². The average Bonchev–Trinajstić information content (AvgIpc) is 2.26. The summed E-state index contributed by atoms with van der Waals surface area (Å²) in [5.74, 6) is 0. The van der Waals surface area contributed by atoms with Crippen LogP contribution in [0.2, 0.25) is 0 Å². The first-order valence-electron chi connectivity index (χ1n) is 6.18. The number of hydrogen-bond acceptors (Lipinski definition) is 1. The highest BCUT2D eigenvalue weighted by molar-refractivity contribution is 5.54. The maximum atomic E-state index is 3.39. The van der Waals surface area contributed by atoms with E-state index in [0.717, 1.165) is 19.5 Å². The van der Waals surface area contributed by atoms with Crippen molar-refractivity contribution in [2.75, 3.05) is 13.1 Å². The number of aryl methyl sites for hydroxylation is 2. The van der Waals surface area contributed by atoms with Gasteiger partial charge < -0.3 is 5.32 Å². The quantitative estimate of drug-likeness (QED) is 0.716. The van der Waals surface area contributed by atoms with E-state index in [4.69, 9.17) is 0 Å². The van der Waals surface area contributed by atoms with Gasteiger partial charge in [0.1, 0.15) is 0 Å². The van der Waals surface area contributed by atoms with E-state index in [9.17, 15) is 0 Å². The SMILES string of the molecule is CCCNCCC=Cc1ccc(C)cc1C. The molecule has 1 N–H and O–H groups in total. The van der Waals surface area contributed by atoms with E-state index in [0.29, 0.717) is 0 Å². The van der Waals surface area contributed by atoms with Crippen LogP contribution in [0.5, 0.6) is 0 Å². The molecule has 0 spiro atoms. The van der Waals surface area contributed by atoms with Crippen molar-refractivity contribution in [3.05, 3.63) is 41.0 Å². The minimum atomic E-state index is 1.08. The molecule has 0 aromatic heterocycles. The minimum Gasteiger partial charge on any atom is -0.316 e. The topological polar surface area (TPSA) is 12.0 Å². The summed E-state index contributed by atoms with van der Waals surface area (Å²) in [6.07, 6.45) is 6.79. The van der Waals surface area contributed by atoms with Crippen LogP contribution in [-0.4, -0.2) is 13.1 Å². The van der Waals surface area contributed by atoms with Gasteiger partial charge >= 0.3 is 0 Å². The Labute approximate surface area is 99.6 Å². The summed E-state index contributed by atoms with van der Waals surface area (Å²) in [5.41, 5.74) is 4.03. The molecule has 0 aliphatic rings. The van der Waals surface area contributed by atoms with Gasteiger partial charge in [0.05, 0.1) is 0 Å². The first-order chi connectivity index (χ1) is 7.74. The number of hydrogen-bond donors (Lipinski definition) is 1. The van der Waals surface area contributed by atoms with Gasteiger partial charge in [-0.3, -0.25) is 0 Å². The molecule has 0 aliphatic carbocycles. The Morgan fingerprint density at radius 2 is 2.00 bits per heavy atom. The zero-order valence-corrected chi connectivity index (χ0v) is 10.7. The summed E-state index contributed by atoms with van der Waals surface area (Å²) in [6, 6.07) is 6.59. The molecule has 1 heteroatoms. The molecule has 0 unspecified atom stereocenters. The molecule has 1 nitrogen and oxygen atoms in total. The fourth-order valence-corrected chi connectivity index (χ4v) is 1.71. The van der Waals surface area contributed by atoms with E-state index in [1.165, 1.54) is 23.1 Å². The molecule has 0 bridgehead atoms. The zero-order valence-electron chi connectivity index (χ0n) is 10.7. The summed E-state index contributed by atoms with van der Waals surface area (Å²) in [4.78, 5) is 0. The van der Waals surface area contributed by atoms with Crippen LogP contribution in [0.25, 0.3) is 6.08 Å². The van der Waals surface area contributed by atoms with Gasteiger partial charge in [0.15, 0.2) is 0 Å². The summed E-state index contributed by atoms with van der Waals surface area (Å²) in [7, 11) is 0. The number of nitrogens with one attached hydrogen (secondary N) is 1. The summed E-state index contributed by atoms with van der Waals surface area (Å²) < 4.78 is 0. The van der Waals surface area contributed by atoms with Crippen molar-refractivity contribution in [1.82, 2.24) is 5.32 Å². The summed E-state index contributed by atoms with van der Waals surface area (Å²) in [5, 5.41) is 3.39. The lowest BCUT2D eigenvalue weighted by Crippen LogP contribution is -2.14. The van der Waals surface area contributed by atoms with Gasteiger partial charge in [-0.25, -0.2) is 0 Å². The van der Waals surface area contributed by atoms with Crippen LogP contribution < -0.4 is 5.32 Å². The predicted molar refractivity (Wildman–Crippen MR) is 72.7 cm³/mol. The monoisotopic (exact) mass is 217 g/mol. The molecule has 1 aromatic rings. The van der Waals surface area contributed by atoms with Crippen LogP contribution in [0.3, 0.4) is 0 Å². The second kappa shape index (κ2) is 7.24. The Balaban J connectivity index is 2.38. The molecule has 0 atom stereocenters. The highest BCUT2D eigenvalue weighted by Crippen LogP contribution is 2.12. The summed E-state index contributed by atoms with van der Waals surface area (Å²) in [6.45, 7) is 8.70. The normalized spacial score (nSPS) is 11.2. The molecule has 0 saturated heterocycles. The maximum absolute atomic E-state index is 3.39. The highest BCUT2D eigenvalue weighted by Gasteiger charge is 1.93. The molecule has 0 heterocycles. The second-order valence-corrected chi connectivity index (χ2v) is 4.30. The second-order valence-electron chi connectivity index (χ2n) is 4.30. The minimum absolute atomic E-state index is 1.08. The molecule has 0 saturated carbocycles. The Morgan fingerprint density at radius 1 is 1.19 bits per heavy atom. The maximum Gasteiger partial charge on any atom is -0.00142 e. The standard InChI is InChI=1S/C15H23N/c1-4-10-16-11-6-5-7-15-9-8-13(2)12-14(15)3/h5,7-9,12,16H,4,6,10-11H2,1-3H3. The van der Waals surface area contributed by atoms with Gasteiger partial charge in [0, 0.05) is 0 Å². The molecular weight excluding hydrogens is 194 g/mol. The van der Waals surface area contributed by atoms with Crippen molar-refractivity contribution in [2.45, 2.75) is 33.6 Å². The smallest absolute Gasteiger partial charge is 0.00142 e. The van der Waals surface area contributed by atoms with Crippen molar-refractivity contribution in [2.24, 2.45) is 0 Å². The van der Waals surface area contributed by atoms with E-state index < -0.39 is 0 Å². The van der Waals surface area contributed by atoms with E-state index in [1.54, 1.807) is 0 Å². The average molecular weight is 217 g/mol. The Hall–Kier alpha value is -1.08. The molecule has 0 radical (unpaired) electrons. The Kier molecular flexibility index (Phi) is 5.87. The number of benzene rings is 1. The van der Waals surface area contributed by atoms with Crippen LogP contribution in [0.4, 0.5) is 0 Å². The van der Waals surface area contributed by atoms with Crippen LogP contribution in [-0.2, 0) is 0 Å². The first kappa shape index (κ1) is 13.0. The molecule has 0 aliphatic heterocycles. The summed E-state index contributed by atoms with van der Waals surface area (Å²) >= 11 is 0. The molecule has 1 aromatic carbocycles. The van der Waals surface area contributed by atoms with Crippen LogP contribution in [0.15, 0.2) is 24.3 Å². The molecule has 0 fully saturated rings. The van der Waals surface area contributed by atoms with Crippen LogP contribution in [0, 0.1) is 13.8 Å². The van der Waals surface area contributed by atoms with Gasteiger partial charge in [0.2, 0.25) is 0 Å². The predicted octanol–water partition coefficient (Wildman–Crippen LogP) is 3.71.